The fraction of sp³-hybridized carbons (Fsp3) is 0. The van der Waals surface area contributed by atoms with Crippen molar-refractivity contribution in [1.29, 1.82) is 0 Å². The third-order valence-corrected chi connectivity index (χ3v) is 7.02. The number of rotatable bonds is 3. The summed E-state index contributed by atoms with van der Waals surface area (Å²) in [5, 5.41) is 2.64. The molecule has 145 valence electrons. The molecule has 5 aromatic carbocycles. The van der Waals surface area contributed by atoms with Crippen LogP contribution in [-0.4, -0.2) is 0 Å². The summed E-state index contributed by atoms with van der Waals surface area (Å²) < 4.78 is 2.65. The van der Waals surface area contributed by atoms with Gasteiger partial charge in [-0.25, -0.2) is 0 Å². The molecule has 6 aromatic rings. The minimum atomic E-state index is 1.21. The van der Waals surface area contributed by atoms with Crippen molar-refractivity contribution in [3.63, 3.8) is 0 Å². The van der Waals surface area contributed by atoms with Crippen molar-refractivity contribution in [1.82, 2.24) is 0 Å². The van der Waals surface area contributed by atoms with Crippen LogP contribution in [0.4, 0.5) is 0 Å². The van der Waals surface area contributed by atoms with Gasteiger partial charge in [-0.3, -0.25) is 0 Å². The van der Waals surface area contributed by atoms with E-state index >= 15 is 0 Å². The minimum Gasteiger partial charge on any atom is -0.135 e. The van der Waals surface area contributed by atoms with Crippen LogP contribution in [0.15, 0.2) is 115 Å². The predicted molar refractivity (Wildman–Crippen MR) is 134 cm³/mol. The molecule has 0 aliphatic carbocycles. The monoisotopic (exact) mass is 411 g/mol. The standard InChI is InChI=1S/C30H19S/c1-4-10-21(11-5-1)24-16-17-29-27(18-24)28-20-25(22-12-6-2-7-13-22)19-26(30(28)31-29)23-14-8-3-9-15-23/h1-8,10-20H. The van der Waals surface area contributed by atoms with Gasteiger partial charge in [0.05, 0.1) is 0 Å². The van der Waals surface area contributed by atoms with Gasteiger partial charge in [-0.2, -0.15) is 0 Å². The smallest absolute Gasteiger partial charge is 0.0434 e. The third kappa shape index (κ3) is 3.24. The molecule has 1 radical (unpaired) electrons. The van der Waals surface area contributed by atoms with E-state index in [1.54, 1.807) is 0 Å². The molecule has 0 nitrogen and oxygen atoms in total. The molecule has 0 atom stereocenters. The van der Waals surface area contributed by atoms with Crippen LogP contribution in [-0.2, 0) is 0 Å². The normalized spacial score (nSPS) is 11.2. The minimum absolute atomic E-state index is 1.21. The summed E-state index contributed by atoms with van der Waals surface area (Å²) in [7, 11) is 0. The Bertz CT molecular complexity index is 1490. The largest absolute Gasteiger partial charge is 0.135 e. The van der Waals surface area contributed by atoms with Crippen LogP contribution in [0.5, 0.6) is 0 Å². The van der Waals surface area contributed by atoms with E-state index in [2.05, 4.69) is 115 Å². The first-order chi connectivity index (χ1) is 15.4. The van der Waals surface area contributed by atoms with E-state index in [1.807, 2.05) is 17.4 Å². The molecule has 0 unspecified atom stereocenters. The molecular formula is C30H19S. The fourth-order valence-electron chi connectivity index (χ4n) is 4.26. The van der Waals surface area contributed by atoms with Gasteiger partial charge in [0.25, 0.3) is 0 Å². The maximum Gasteiger partial charge on any atom is 0.0434 e. The Morgan fingerprint density at radius 2 is 1.19 bits per heavy atom. The van der Waals surface area contributed by atoms with Gasteiger partial charge in [0.2, 0.25) is 0 Å². The van der Waals surface area contributed by atoms with Crippen LogP contribution in [0.3, 0.4) is 0 Å². The molecule has 1 aromatic heterocycles. The molecule has 0 aliphatic rings. The van der Waals surface area contributed by atoms with Gasteiger partial charge in [0.1, 0.15) is 0 Å². The molecule has 0 aliphatic heterocycles. The van der Waals surface area contributed by atoms with Crippen LogP contribution in [0.1, 0.15) is 0 Å². The first-order valence-electron chi connectivity index (χ1n) is 10.4. The molecule has 1 heterocycles. The Kier molecular flexibility index (Phi) is 4.40. The van der Waals surface area contributed by atoms with E-state index in [9.17, 15) is 0 Å². The zero-order valence-electron chi connectivity index (χ0n) is 16.9. The van der Waals surface area contributed by atoms with Crippen molar-refractivity contribution in [2.75, 3.05) is 0 Å². The summed E-state index contributed by atoms with van der Waals surface area (Å²) in [6.07, 6.45) is 0. The van der Waals surface area contributed by atoms with Gasteiger partial charge in [0, 0.05) is 25.7 Å². The molecule has 0 saturated heterocycles. The summed E-state index contributed by atoms with van der Waals surface area (Å²) >= 11 is 1.88. The molecule has 6 rings (SSSR count). The first-order valence-corrected chi connectivity index (χ1v) is 11.3. The van der Waals surface area contributed by atoms with Crippen molar-refractivity contribution in [2.45, 2.75) is 0 Å². The summed E-state index contributed by atoms with van der Waals surface area (Å²) in [5.74, 6) is 0. The Labute approximate surface area is 186 Å². The maximum absolute atomic E-state index is 3.25. The first kappa shape index (κ1) is 18.1. The van der Waals surface area contributed by atoms with Crippen LogP contribution >= 0.6 is 11.3 Å². The Morgan fingerprint density at radius 3 is 1.90 bits per heavy atom. The van der Waals surface area contributed by atoms with E-state index < -0.39 is 0 Å². The van der Waals surface area contributed by atoms with Gasteiger partial charge < -0.3 is 0 Å². The van der Waals surface area contributed by atoms with E-state index in [4.69, 9.17) is 0 Å². The quantitative estimate of drug-likeness (QED) is 0.273. The molecule has 0 N–H and O–H groups in total. The highest BCUT2D eigenvalue weighted by Gasteiger charge is 2.14. The molecule has 1 heteroatoms. The molecule has 0 spiro atoms. The summed E-state index contributed by atoms with van der Waals surface area (Å²) in [6, 6.07) is 44.4. The lowest BCUT2D eigenvalue weighted by Crippen LogP contribution is -1.83. The average molecular weight is 412 g/mol. The second-order valence-electron chi connectivity index (χ2n) is 7.74. The van der Waals surface area contributed by atoms with Crippen molar-refractivity contribution in [2.24, 2.45) is 0 Å². The highest BCUT2D eigenvalue weighted by molar-refractivity contribution is 7.26. The number of hydrogen-bond acceptors (Lipinski definition) is 1. The van der Waals surface area contributed by atoms with Crippen LogP contribution in [0.25, 0.3) is 53.6 Å². The number of fused-ring (bicyclic) bond motifs is 3. The average Bonchev–Trinajstić information content (AvgIpc) is 3.23. The van der Waals surface area contributed by atoms with E-state index in [0.717, 1.165) is 0 Å². The second kappa shape index (κ2) is 7.54. The van der Waals surface area contributed by atoms with Crippen LogP contribution < -0.4 is 0 Å². The molecule has 0 bridgehead atoms. The van der Waals surface area contributed by atoms with Gasteiger partial charge in [0.15, 0.2) is 0 Å². The number of thiophene rings is 1. The van der Waals surface area contributed by atoms with Crippen molar-refractivity contribution in [3.8, 4) is 33.4 Å². The van der Waals surface area contributed by atoms with Gasteiger partial charge >= 0.3 is 0 Å². The van der Waals surface area contributed by atoms with Gasteiger partial charge in [-0.15, -0.1) is 11.3 Å². The lowest BCUT2D eigenvalue weighted by Gasteiger charge is -2.09. The highest BCUT2D eigenvalue weighted by atomic mass is 32.1. The molecular weight excluding hydrogens is 392 g/mol. The molecule has 0 fully saturated rings. The van der Waals surface area contributed by atoms with Crippen LogP contribution in [0.2, 0.25) is 0 Å². The molecule has 31 heavy (non-hydrogen) atoms. The molecule has 0 amide bonds. The summed E-state index contributed by atoms with van der Waals surface area (Å²) in [4.78, 5) is 0. The number of hydrogen-bond donors (Lipinski definition) is 0. The van der Waals surface area contributed by atoms with E-state index in [1.165, 1.54) is 53.6 Å². The number of benzene rings is 5. The van der Waals surface area contributed by atoms with Crippen molar-refractivity contribution in [3.05, 3.63) is 121 Å². The summed E-state index contributed by atoms with van der Waals surface area (Å²) in [5.41, 5.74) is 7.48. The van der Waals surface area contributed by atoms with E-state index in [-0.39, 0.29) is 0 Å². The van der Waals surface area contributed by atoms with Crippen molar-refractivity contribution < 1.29 is 0 Å². The topological polar surface area (TPSA) is 0 Å². The van der Waals surface area contributed by atoms with Gasteiger partial charge in [-0.05, 0) is 64.2 Å². The third-order valence-electron chi connectivity index (χ3n) is 5.80. The zero-order chi connectivity index (χ0) is 20.6. The second-order valence-corrected chi connectivity index (χ2v) is 8.79. The zero-order valence-corrected chi connectivity index (χ0v) is 17.7. The predicted octanol–water partition coefficient (Wildman–Crippen LogP) is 8.86. The SMILES string of the molecule is [c]1cccc(-c2cc(-c3ccccc3)cc3c2sc2ccc(-c4ccccc4)cc23)c1. The van der Waals surface area contributed by atoms with Crippen LogP contribution in [0, 0.1) is 6.07 Å². The Morgan fingerprint density at radius 1 is 0.516 bits per heavy atom. The Balaban J connectivity index is 1.67. The summed E-state index contributed by atoms with van der Waals surface area (Å²) in [6.45, 7) is 0. The van der Waals surface area contributed by atoms with Gasteiger partial charge in [-0.1, -0.05) is 84.9 Å². The highest BCUT2D eigenvalue weighted by Crippen LogP contribution is 2.43. The maximum atomic E-state index is 3.25. The lowest BCUT2D eigenvalue weighted by atomic mass is 9.95. The lowest BCUT2D eigenvalue weighted by molar-refractivity contribution is 1.63. The van der Waals surface area contributed by atoms with Crippen molar-refractivity contribution >= 4 is 31.5 Å². The van der Waals surface area contributed by atoms with E-state index in [0.29, 0.717) is 0 Å². The Hall–Kier alpha value is -3.68. The fourth-order valence-corrected chi connectivity index (χ4v) is 5.46. The molecule has 0 saturated carbocycles.